The molecule has 0 aromatic heterocycles. The average Bonchev–Trinajstić information content (AvgIpc) is 2.35. The molecule has 7 nitrogen and oxygen atoms in total. The highest BCUT2D eigenvalue weighted by atomic mass is 16.3. The van der Waals surface area contributed by atoms with Crippen LogP contribution in [0, 0.1) is 10.8 Å². The fraction of sp³-hybridized carbons (Fsp3) is 0.889. The second-order valence-corrected chi connectivity index (χ2v) is 3.84. The minimum atomic E-state index is -1.88. The van der Waals surface area contributed by atoms with Gasteiger partial charge in [-0.25, -0.2) is 0 Å². The number of rotatable bonds is 8. The molecule has 0 aliphatic heterocycles. The van der Waals surface area contributed by atoms with Gasteiger partial charge in [-0.15, -0.1) is 0 Å². The van der Waals surface area contributed by atoms with Crippen LogP contribution < -0.4 is 0 Å². The summed E-state index contributed by atoms with van der Waals surface area (Å²) in [7, 11) is 0. The number of carbonyl (C=O) groups excluding carboxylic acids is 1. The lowest BCUT2D eigenvalue weighted by Gasteiger charge is -2.35. The summed E-state index contributed by atoms with van der Waals surface area (Å²) >= 11 is 0. The molecule has 0 aliphatic carbocycles. The topological polar surface area (TPSA) is 138 Å². The Balaban J connectivity index is 5.26. The Bertz CT molecular complexity index is 181. The Labute approximate surface area is 92.6 Å². The standard InChI is InChI=1S/C9H18O7/c10-1-8(2-11,3-12)7(16)9(4-13,5-14)6-15/h10-15H,1-6H2. The highest BCUT2D eigenvalue weighted by Crippen LogP contribution is 2.29. The van der Waals surface area contributed by atoms with E-state index in [4.69, 9.17) is 30.6 Å². The van der Waals surface area contributed by atoms with Gasteiger partial charge in [0.05, 0.1) is 50.5 Å². The summed E-state index contributed by atoms with van der Waals surface area (Å²) in [6.45, 7) is -5.08. The molecule has 0 rings (SSSR count). The van der Waals surface area contributed by atoms with Crippen molar-refractivity contribution in [2.24, 2.45) is 10.8 Å². The maximum atomic E-state index is 11.9. The molecule has 0 unspecified atom stereocenters. The van der Waals surface area contributed by atoms with Crippen LogP contribution in [0.3, 0.4) is 0 Å². The molecule has 0 saturated carbocycles. The molecule has 0 aromatic rings. The first kappa shape index (κ1) is 15.4. The molecule has 0 bridgehead atoms. The van der Waals surface area contributed by atoms with Gasteiger partial charge in [-0.05, 0) is 0 Å². The molecule has 16 heavy (non-hydrogen) atoms. The first-order valence-corrected chi connectivity index (χ1v) is 4.72. The predicted molar refractivity (Wildman–Crippen MR) is 52.4 cm³/mol. The van der Waals surface area contributed by atoms with Crippen molar-refractivity contribution in [1.82, 2.24) is 0 Å². The largest absolute Gasteiger partial charge is 0.395 e. The zero-order valence-corrected chi connectivity index (χ0v) is 8.83. The van der Waals surface area contributed by atoms with Gasteiger partial charge in [0.2, 0.25) is 0 Å². The van der Waals surface area contributed by atoms with Crippen LogP contribution in [0.5, 0.6) is 0 Å². The van der Waals surface area contributed by atoms with Crippen LogP contribution in [0.25, 0.3) is 0 Å². The molecule has 7 heteroatoms. The SMILES string of the molecule is O=C(C(CO)(CO)CO)C(CO)(CO)CO. The van der Waals surface area contributed by atoms with Gasteiger partial charge in [-0.3, -0.25) is 4.79 Å². The molecule has 0 heterocycles. The molecule has 0 spiro atoms. The van der Waals surface area contributed by atoms with Crippen molar-refractivity contribution in [3.8, 4) is 0 Å². The summed E-state index contributed by atoms with van der Waals surface area (Å²) in [6, 6.07) is 0. The van der Waals surface area contributed by atoms with Gasteiger partial charge in [0.1, 0.15) is 0 Å². The first-order chi connectivity index (χ1) is 7.52. The van der Waals surface area contributed by atoms with Crippen LogP contribution in [0.2, 0.25) is 0 Å². The highest BCUT2D eigenvalue weighted by molar-refractivity contribution is 5.91. The average molecular weight is 238 g/mol. The zero-order valence-electron chi connectivity index (χ0n) is 8.83. The Morgan fingerprint density at radius 3 is 0.938 bits per heavy atom. The third-order valence-electron chi connectivity index (χ3n) is 2.78. The summed E-state index contributed by atoms with van der Waals surface area (Å²) < 4.78 is 0. The number of aliphatic hydroxyl groups is 6. The Morgan fingerprint density at radius 2 is 0.812 bits per heavy atom. The van der Waals surface area contributed by atoms with Gasteiger partial charge >= 0.3 is 0 Å². The maximum absolute atomic E-state index is 11.9. The number of ketones is 1. The molecular weight excluding hydrogens is 220 g/mol. The molecule has 0 radical (unpaired) electrons. The van der Waals surface area contributed by atoms with E-state index in [9.17, 15) is 4.79 Å². The number of Topliss-reactive ketones (excluding diaryl/α,β-unsaturated/α-hetero) is 1. The van der Waals surface area contributed by atoms with Crippen LogP contribution >= 0.6 is 0 Å². The molecular formula is C9H18O7. The van der Waals surface area contributed by atoms with E-state index in [1.165, 1.54) is 0 Å². The van der Waals surface area contributed by atoms with E-state index < -0.39 is 56.3 Å². The molecule has 0 atom stereocenters. The lowest BCUT2D eigenvalue weighted by molar-refractivity contribution is -0.157. The lowest BCUT2D eigenvalue weighted by atomic mass is 9.71. The smallest absolute Gasteiger partial charge is 0.159 e. The van der Waals surface area contributed by atoms with E-state index in [-0.39, 0.29) is 0 Å². The Morgan fingerprint density at radius 1 is 0.625 bits per heavy atom. The summed E-state index contributed by atoms with van der Waals surface area (Å²) in [5.74, 6) is -0.972. The van der Waals surface area contributed by atoms with E-state index in [0.29, 0.717) is 0 Å². The summed E-state index contributed by atoms with van der Waals surface area (Å²) in [5, 5.41) is 54.1. The summed E-state index contributed by atoms with van der Waals surface area (Å²) in [5.41, 5.74) is -3.76. The third kappa shape index (κ3) is 2.40. The van der Waals surface area contributed by atoms with Crippen molar-refractivity contribution in [1.29, 1.82) is 0 Å². The van der Waals surface area contributed by atoms with Crippen molar-refractivity contribution in [3.05, 3.63) is 0 Å². The van der Waals surface area contributed by atoms with Crippen LogP contribution in [-0.2, 0) is 4.79 Å². The highest BCUT2D eigenvalue weighted by Gasteiger charge is 2.49. The third-order valence-corrected chi connectivity index (χ3v) is 2.78. The quantitative estimate of drug-likeness (QED) is 0.258. The molecule has 0 fully saturated rings. The van der Waals surface area contributed by atoms with Crippen LogP contribution in [0.1, 0.15) is 0 Å². The van der Waals surface area contributed by atoms with Crippen molar-refractivity contribution in [3.63, 3.8) is 0 Å². The van der Waals surface area contributed by atoms with E-state index in [1.54, 1.807) is 0 Å². The van der Waals surface area contributed by atoms with E-state index in [0.717, 1.165) is 0 Å². The second-order valence-electron chi connectivity index (χ2n) is 3.84. The molecule has 6 N–H and O–H groups in total. The van der Waals surface area contributed by atoms with Crippen molar-refractivity contribution in [2.75, 3.05) is 39.6 Å². The van der Waals surface area contributed by atoms with Gasteiger partial charge in [0.15, 0.2) is 5.78 Å². The minimum Gasteiger partial charge on any atom is -0.395 e. The number of aliphatic hydroxyl groups excluding tert-OH is 6. The Hall–Kier alpha value is -0.570. The fourth-order valence-electron chi connectivity index (χ4n) is 1.29. The van der Waals surface area contributed by atoms with Gasteiger partial charge in [-0.1, -0.05) is 0 Å². The molecule has 0 aliphatic rings. The fourth-order valence-corrected chi connectivity index (χ4v) is 1.29. The predicted octanol–water partition coefficient (Wildman–Crippen LogP) is -3.52. The summed E-state index contributed by atoms with van der Waals surface area (Å²) in [6.07, 6.45) is 0. The normalized spacial score (nSPS) is 12.9. The maximum Gasteiger partial charge on any atom is 0.159 e. The Kier molecular flexibility index (Phi) is 6.01. The van der Waals surface area contributed by atoms with Crippen molar-refractivity contribution < 1.29 is 35.4 Å². The monoisotopic (exact) mass is 238 g/mol. The van der Waals surface area contributed by atoms with Crippen LogP contribution in [0.4, 0.5) is 0 Å². The number of carbonyl (C=O) groups is 1. The first-order valence-electron chi connectivity index (χ1n) is 4.72. The van der Waals surface area contributed by atoms with E-state index >= 15 is 0 Å². The van der Waals surface area contributed by atoms with Gasteiger partial charge in [-0.2, -0.15) is 0 Å². The van der Waals surface area contributed by atoms with Gasteiger partial charge in [0, 0.05) is 0 Å². The van der Waals surface area contributed by atoms with Crippen molar-refractivity contribution in [2.45, 2.75) is 0 Å². The molecule has 0 amide bonds. The molecule has 0 aromatic carbocycles. The zero-order chi connectivity index (χ0) is 12.8. The summed E-state index contributed by atoms with van der Waals surface area (Å²) in [4.78, 5) is 11.9. The number of hydrogen-bond acceptors (Lipinski definition) is 7. The van der Waals surface area contributed by atoms with Gasteiger partial charge in [0.25, 0.3) is 0 Å². The molecule has 96 valence electrons. The molecule has 0 saturated heterocycles. The van der Waals surface area contributed by atoms with Crippen molar-refractivity contribution >= 4 is 5.78 Å². The lowest BCUT2D eigenvalue weighted by Crippen LogP contribution is -2.55. The minimum absolute atomic E-state index is 0.847. The van der Waals surface area contributed by atoms with Crippen LogP contribution in [0.15, 0.2) is 0 Å². The van der Waals surface area contributed by atoms with E-state index in [2.05, 4.69) is 0 Å². The van der Waals surface area contributed by atoms with E-state index in [1.807, 2.05) is 0 Å². The van der Waals surface area contributed by atoms with Crippen LogP contribution in [-0.4, -0.2) is 76.1 Å². The number of hydrogen-bond donors (Lipinski definition) is 6. The van der Waals surface area contributed by atoms with Gasteiger partial charge < -0.3 is 30.6 Å². The second kappa shape index (κ2) is 6.24.